The van der Waals surface area contributed by atoms with Gasteiger partial charge in [-0.15, -0.1) is 0 Å². The number of hydrogen-bond acceptors (Lipinski definition) is 7. The number of aromatic nitrogens is 2. The minimum absolute atomic E-state index is 0.0476. The molecule has 1 aromatic heterocycles. The molecule has 2 aromatic rings. The normalized spacial score (nSPS) is 17.0. The number of nitrogens with one attached hydrogen (secondary N) is 1. The molecule has 2 heterocycles. The lowest BCUT2D eigenvalue weighted by molar-refractivity contribution is 0.269. The van der Waals surface area contributed by atoms with E-state index in [0.29, 0.717) is 37.6 Å². The molecule has 0 spiro atoms. The molecule has 0 radical (unpaired) electrons. The van der Waals surface area contributed by atoms with Gasteiger partial charge in [-0.05, 0) is 38.8 Å². The molecule has 1 aromatic carbocycles. The van der Waals surface area contributed by atoms with Gasteiger partial charge in [0.1, 0.15) is 5.82 Å². The van der Waals surface area contributed by atoms with Gasteiger partial charge >= 0.3 is 0 Å². The fraction of sp³-hybridized carbons (Fsp3) is 0.400. The number of aliphatic imine (C=N–C) groups is 2. The van der Waals surface area contributed by atoms with Gasteiger partial charge in [0, 0.05) is 24.7 Å². The summed E-state index contributed by atoms with van der Waals surface area (Å²) in [7, 11) is -3.27. The Hall–Kier alpha value is -3.25. The third kappa shape index (κ3) is 5.71. The van der Waals surface area contributed by atoms with Crippen LogP contribution < -0.4 is 16.8 Å². The molecule has 1 fully saturated rings. The molecule has 0 amide bonds. The smallest absolute Gasteiger partial charge is 0.237 e. The second kappa shape index (κ2) is 9.92. The Morgan fingerprint density at radius 1 is 1.22 bits per heavy atom. The van der Waals surface area contributed by atoms with E-state index in [1.54, 1.807) is 13.8 Å². The Balaban J connectivity index is 1.61. The lowest BCUT2D eigenvalue weighted by Gasteiger charge is -2.30. The Bertz CT molecular complexity index is 1100. The number of guanidine groups is 1. The molecule has 3 rings (SSSR count). The molecule has 1 saturated heterocycles. The van der Waals surface area contributed by atoms with Crippen LogP contribution in [-0.4, -0.2) is 53.0 Å². The molecule has 172 valence electrons. The molecule has 5 N–H and O–H groups in total. The van der Waals surface area contributed by atoms with Crippen LogP contribution in [0.3, 0.4) is 0 Å². The van der Waals surface area contributed by atoms with E-state index in [1.807, 2.05) is 30.3 Å². The topological polar surface area (TPSA) is 165 Å². The molecule has 0 atom stereocenters. The number of hydrogen-bond donors (Lipinski definition) is 3. The molecular formula is C20H28N8O3S. The number of para-hydroxylation sites is 1. The van der Waals surface area contributed by atoms with Gasteiger partial charge in [0.2, 0.25) is 27.7 Å². The first-order chi connectivity index (χ1) is 15.2. The maximum Gasteiger partial charge on any atom is 0.237 e. The Kier molecular flexibility index (Phi) is 7.26. The zero-order chi connectivity index (χ0) is 23.3. The minimum Gasteiger partial charge on any atom is -0.380 e. The molecule has 1 aliphatic rings. The Morgan fingerprint density at radius 3 is 2.50 bits per heavy atom. The first-order valence-corrected chi connectivity index (χ1v) is 11.7. The quantitative estimate of drug-likeness (QED) is 0.414. The van der Waals surface area contributed by atoms with Crippen molar-refractivity contribution in [1.29, 1.82) is 0 Å². The van der Waals surface area contributed by atoms with E-state index in [0.717, 1.165) is 5.69 Å². The van der Waals surface area contributed by atoms with E-state index < -0.39 is 15.3 Å². The first-order valence-electron chi connectivity index (χ1n) is 10.2. The van der Waals surface area contributed by atoms with Crippen LogP contribution in [0.4, 0.5) is 5.69 Å². The number of nitrogens with two attached hydrogens (primary N) is 2. The molecule has 0 bridgehead atoms. The molecule has 12 heteroatoms. The van der Waals surface area contributed by atoms with Crippen molar-refractivity contribution in [3.05, 3.63) is 54.4 Å². The van der Waals surface area contributed by atoms with Crippen molar-refractivity contribution in [2.75, 3.05) is 18.4 Å². The van der Waals surface area contributed by atoms with Gasteiger partial charge in [0.15, 0.2) is 5.84 Å². The van der Waals surface area contributed by atoms with E-state index in [1.165, 1.54) is 4.31 Å². The SMILES string of the molecule is C=C(/N=C(N)\N=C(/N)c1noc(C2CCN(S(=O)(=O)C(C)C)CC2)n1)Nc1ccccc1. The summed E-state index contributed by atoms with van der Waals surface area (Å²) >= 11 is 0. The summed E-state index contributed by atoms with van der Waals surface area (Å²) < 4.78 is 31.5. The molecule has 0 saturated carbocycles. The highest BCUT2D eigenvalue weighted by molar-refractivity contribution is 7.89. The first kappa shape index (κ1) is 23.4. The lowest BCUT2D eigenvalue weighted by atomic mass is 9.98. The van der Waals surface area contributed by atoms with Crippen molar-refractivity contribution in [3.63, 3.8) is 0 Å². The summed E-state index contributed by atoms with van der Waals surface area (Å²) in [6.45, 7) is 7.95. The van der Waals surface area contributed by atoms with Crippen LogP contribution in [0.15, 0.2) is 57.2 Å². The molecule has 11 nitrogen and oxygen atoms in total. The second-order valence-corrected chi connectivity index (χ2v) is 10.1. The maximum atomic E-state index is 12.3. The monoisotopic (exact) mass is 460 g/mol. The van der Waals surface area contributed by atoms with Gasteiger partial charge in [0.05, 0.1) is 5.25 Å². The Morgan fingerprint density at radius 2 is 1.88 bits per heavy atom. The van der Waals surface area contributed by atoms with Crippen LogP contribution in [0, 0.1) is 0 Å². The van der Waals surface area contributed by atoms with Gasteiger partial charge in [-0.1, -0.05) is 29.9 Å². The van der Waals surface area contributed by atoms with E-state index >= 15 is 0 Å². The van der Waals surface area contributed by atoms with Crippen LogP contribution in [0.25, 0.3) is 0 Å². The third-order valence-corrected chi connectivity index (χ3v) is 7.25. The highest BCUT2D eigenvalue weighted by atomic mass is 32.2. The predicted molar refractivity (Wildman–Crippen MR) is 123 cm³/mol. The zero-order valence-corrected chi connectivity index (χ0v) is 18.9. The minimum atomic E-state index is -3.27. The number of rotatable bonds is 7. The van der Waals surface area contributed by atoms with Crippen molar-refractivity contribution < 1.29 is 12.9 Å². The van der Waals surface area contributed by atoms with Crippen LogP contribution in [-0.2, 0) is 10.0 Å². The van der Waals surface area contributed by atoms with Gasteiger partial charge in [-0.25, -0.2) is 12.7 Å². The summed E-state index contributed by atoms with van der Waals surface area (Å²) in [5, 5.41) is 6.40. The summed E-state index contributed by atoms with van der Waals surface area (Å²) in [4.78, 5) is 12.4. The summed E-state index contributed by atoms with van der Waals surface area (Å²) in [6, 6.07) is 9.36. The highest BCUT2D eigenvalue weighted by Crippen LogP contribution is 2.28. The maximum absolute atomic E-state index is 12.3. The fourth-order valence-corrected chi connectivity index (χ4v) is 4.53. The third-order valence-electron chi connectivity index (χ3n) is 4.98. The van der Waals surface area contributed by atoms with Crippen molar-refractivity contribution >= 4 is 27.5 Å². The van der Waals surface area contributed by atoms with Gasteiger partial charge in [0.25, 0.3) is 0 Å². The van der Waals surface area contributed by atoms with Crippen LogP contribution in [0.5, 0.6) is 0 Å². The van der Waals surface area contributed by atoms with Crippen LogP contribution in [0.2, 0.25) is 0 Å². The zero-order valence-electron chi connectivity index (χ0n) is 18.1. The molecule has 0 aliphatic carbocycles. The van der Waals surface area contributed by atoms with Crippen molar-refractivity contribution in [1.82, 2.24) is 14.4 Å². The van der Waals surface area contributed by atoms with Crippen LogP contribution in [0.1, 0.15) is 44.3 Å². The molecule has 0 unspecified atom stereocenters. The number of anilines is 1. The number of piperidine rings is 1. The van der Waals surface area contributed by atoms with Crippen molar-refractivity contribution in [2.45, 2.75) is 37.9 Å². The largest absolute Gasteiger partial charge is 0.380 e. The van der Waals surface area contributed by atoms with Crippen LogP contribution >= 0.6 is 0 Å². The van der Waals surface area contributed by atoms with E-state index in [9.17, 15) is 8.42 Å². The van der Waals surface area contributed by atoms with Gasteiger partial charge < -0.3 is 21.3 Å². The lowest BCUT2D eigenvalue weighted by Crippen LogP contribution is -2.41. The van der Waals surface area contributed by atoms with Gasteiger partial charge in [-0.3, -0.25) is 0 Å². The van der Waals surface area contributed by atoms with E-state index in [4.69, 9.17) is 16.0 Å². The van der Waals surface area contributed by atoms with Gasteiger partial charge in [-0.2, -0.15) is 15.0 Å². The number of sulfonamides is 1. The van der Waals surface area contributed by atoms with Crippen molar-refractivity contribution in [3.8, 4) is 0 Å². The summed E-state index contributed by atoms with van der Waals surface area (Å²) in [5.74, 6) is 0.566. The number of benzene rings is 1. The number of amidine groups is 1. The average Bonchev–Trinajstić information content (AvgIpc) is 3.24. The molecule has 32 heavy (non-hydrogen) atoms. The second-order valence-electron chi connectivity index (χ2n) is 7.63. The average molecular weight is 461 g/mol. The van der Waals surface area contributed by atoms with E-state index in [2.05, 4.69) is 32.0 Å². The highest BCUT2D eigenvalue weighted by Gasteiger charge is 2.32. The predicted octanol–water partition coefficient (Wildman–Crippen LogP) is 1.59. The molecule has 1 aliphatic heterocycles. The summed E-state index contributed by atoms with van der Waals surface area (Å²) in [5.41, 5.74) is 12.6. The Labute approximate surface area is 187 Å². The summed E-state index contributed by atoms with van der Waals surface area (Å²) in [6.07, 6.45) is 1.17. The fourth-order valence-electron chi connectivity index (χ4n) is 3.21. The van der Waals surface area contributed by atoms with E-state index in [-0.39, 0.29) is 23.5 Å². The van der Waals surface area contributed by atoms with Crippen molar-refractivity contribution in [2.24, 2.45) is 21.5 Å². The number of nitrogens with zero attached hydrogens (tertiary/aromatic N) is 5. The standard InChI is InChI=1S/C20H28N8O3S/c1-13(2)32(29,30)28-11-9-15(10-12-28)19-26-18(27-31-19)17(21)25-20(22)24-14(3)23-16-7-5-4-6-8-16/h4-8,13,15,23H,3,9-12H2,1-2H3,(H4,21,22,24,25). The molecular weight excluding hydrogens is 432 g/mol.